The lowest BCUT2D eigenvalue weighted by atomic mass is 10.0. The zero-order valence-electron chi connectivity index (χ0n) is 10.9. The molecule has 1 aliphatic rings. The predicted octanol–water partition coefficient (Wildman–Crippen LogP) is 2.66. The summed E-state index contributed by atoms with van der Waals surface area (Å²) in [5, 5.41) is 0.687. The second kappa shape index (κ2) is 6.41. The Kier molecular flexibility index (Phi) is 4.87. The number of hydrogen-bond donors (Lipinski definition) is 1. The molecule has 0 bridgehead atoms. The van der Waals surface area contributed by atoms with Crippen LogP contribution in [0.4, 0.5) is 0 Å². The normalized spacial score (nSPS) is 20.9. The fourth-order valence-corrected chi connectivity index (χ4v) is 2.58. The molecule has 0 aromatic heterocycles. The third-order valence-corrected chi connectivity index (χ3v) is 3.96. The van der Waals surface area contributed by atoms with E-state index in [9.17, 15) is 0 Å². The second-order valence-corrected chi connectivity index (χ2v) is 5.31. The van der Waals surface area contributed by atoms with Gasteiger partial charge in [-0.1, -0.05) is 24.1 Å². The van der Waals surface area contributed by atoms with Gasteiger partial charge in [0, 0.05) is 17.6 Å². The lowest BCUT2D eigenvalue weighted by molar-refractivity contribution is 0.125. The Morgan fingerprint density at radius 2 is 2.28 bits per heavy atom. The average Bonchev–Trinajstić information content (AvgIpc) is 2.38. The Hall–Kier alpha value is -0.770. The number of piperidine rings is 1. The highest BCUT2D eigenvalue weighted by atomic mass is 35.5. The van der Waals surface area contributed by atoms with Gasteiger partial charge in [0.15, 0.2) is 0 Å². The molecule has 0 radical (unpaired) electrons. The number of hydrogen-bond acceptors (Lipinski definition) is 3. The molecule has 3 nitrogen and oxygen atoms in total. The van der Waals surface area contributed by atoms with Crippen molar-refractivity contribution >= 4 is 11.6 Å². The molecule has 4 heteroatoms. The molecule has 1 heterocycles. The summed E-state index contributed by atoms with van der Waals surface area (Å²) in [4.78, 5) is 2.37. The maximum absolute atomic E-state index is 6.11. The number of nitrogens with two attached hydrogens (primary N) is 1. The molecule has 2 N–H and O–H groups in total. The summed E-state index contributed by atoms with van der Waals surface area (Å²) in [5.41, 5.74) is 6.54. The molecule has 1 atom stereocenters. The van der Waals surface area contributed by atoms with Crippen LogP contribution in [-0.4, -0.2) is 31.1 Å². The van der Waals surface area contributed by atoms with Crippen LogP contribution in [0.2, 0.25) is 5.02 Å². The van der Waals surface area contributed by atoms with Crippen LogP contribution >= 0.6 is 11.6 Å². The van der Waals surface area contributed by atoms with Crippen LogP contribution in [-0.2, 0) is 6.54 Å². The van der Waals surface area contributed by atoms with Crippen LogP contribution in [0.25, 0.3) is 0 Å². The maximum Gasteiger partial charge on any atom is 0.120 e. The minimum Gasteiger partial charge on any atom is -0.492 e. The summed E-state index contributed by atoms with van der Waals surface area (Å²) in [5.74, 6) is 0.830. The highest BCUT2D eigenvalue weighted by Crippen LogP contribution is 2.23. The van der Waals surface area contributed by atoms with Gasteiger partial charge in [-0.05, 0) is 44.1 Å². The third-order valence-electron chi connectivity index (χ3n) is 3.61. The average molecular weight is 269 g/mol. The largest absolute Gasteiger partial charge is 0.492 e. The van der Waals surface area contributed by atoms with Crippen molar-refractivity contribution in [2.75, 3.05) is 20.2 Å². The first-order valence-electron chi connectivity index (χ1n) is 6.52. The Bertz CT molecular complexity index is 397. The third kappa shape index (κ3) is 3.37. The molecule has 18 heavy (non-hydrogen) atoms. The Morgan fingerprint density at radius 3 is 2.94 bits per heavy atom. The van der Waals surface area contributed by atoms with Crippen LogP contribution < -0.4 is 10.5 Å². The molecule has 100 valence electrons. The zero-order valence-corrected chi connectivity index (χ0v) is 11.6. The molecule has 0 spiro atoms. The highest BCUT2D eigenvalue weighted by molar-refractivity contribution is 6.31. The first-order valence-corrected chi connectivity index (χ1v) is 6.90. The number of rotatable bonds is 4. The summed E-state index contributed by atoms with van der Waals surface area (Å²) in [6, 6.07) is 6.25. The van der Waals surface area contributed by atoms with Crippen LogP contribution in [0.5, 0.6) is 5.75 Å². The molecule has 1 fully saturated rings. The van der Waals surface area contributed by atoms with Gasteiger partial charge in [-0.25, -0.2) is 0 Å². The molecule has 0 aliphatic carbocycles. The van der Waals surface area contributed by atoms with E-state index in [-0.39, 0.29) is 0 Å². The standard InChI is InChI=1S/C14H21ClN2O/c1-17-7-3-2-4-12(17)10-18-13-6-5-11(9-16)14(15)8-13/h5-6,8,12H,2-4,7,9-10,16H2,1H3. The van der Waals surface area contributed by atoms with Crippen molar-refractivity contribution < 1.29 is 4.74 Å². The van der Waals surface area contributed by atoms with Gasteiger partial charge in [0.1, 0.15) is 12.4 Å². The van der Waals surface area contributed by atoms with Crippen molar-refractivity contribution in [2.45, 2.75) is 31.8 Å². The summed E-state index contributed by atoms with van der Waals surface area (Å²) in [7, 11) is 2.16. The van der Waals surface area contributed by atoms with Crippen molar-refractivity contribution in [1.29, 1.82) is 0 Å². The minimum atomic E-state index is 0.463. The van der Waals surface area contributed by atoms with Gasteiger partial charge >= 0.3 is 0 Å². The van der Waals surface area contributed by atoms with Gasteiger partial charge in [-0.15, -0.1) is 0 Å². The van der Waals surface area contributed by atoms with Gasteiger partial charge < -0.3 is 15.4 Å². The van der Waals surface area contributed by atoms with Crippen LogP contribution in [0.3, 0.4) is 0 Å². The smallest absolute Gasteiger partial charge is 0.120 e. The van der Waals surface area contributed by atoms with Crippen LogP contribution in [0, 0.1) is 0 Å². The highest BCUT2D eigenvalue weighted by Gasteiger charge is 2.19. The van der Waals surface area contributed by atoms with Crippen molar-refractivity contribution in [2.24, 2.45) is 5.73 Å². The lowest BCUT2D eigenvalue weighted by Crippen LogP contribution is -2.40. The minimum absolute atomic E-state index is 0.463. The number of ether oxygens (including phenoxy) is 1. The SMILES string of the molecule is CN1CCCCC1COc1ccc(CN)c(Cl)c1. The van der Waals surface area contributed by atoms with E-state index in [1.54, 1.807) is 0 Å². The number of likely N-dealkylation sites (tertiary alicyclic amines) is 1. The molecule has 1 saturated heterocycles. The predicted molar refractivity (Wildman–Crippen MR) is 75.1 cm³/mol. The summed E-state index contributed by atoms with van der Waals surface area (Å²) in [6.07, 6.45) is 3.81. The molecule has 1 aliphatic heterocycles. The number of likely N-dealkylation sites (N-methyl/N-ethyl adjacent to an activating group) is 1. The quantitative estimate of drug-likeness (QED) is 0.912. The van der Waals surface area contributed by atoms with Crippen LogP contribution in [0.15, 0.2) is 18.2 Å². The number of halogens is 1. The molecule has 1 aromatic rings. The van der Waals surface area contributed by atoms with E-state index >= 15 is 0 Å². The number of nitrogens with zero attached hydrogens (tertiary/aromatic N) is 1. The Labute approximate surface area is 114 Å². The second-order valence-electron chi connectivity index (χ2n) is 4.90. The molecule has 1 aromatic carbocycles. The first kappa shape index (κ1) is 13.7. The monoisotopic (exact) mass is 268 g/mol. The molecule has 1 unspecified atom stereocenters. The molecule has 2 rings (SSSR count). The van der Waals surface area contributed by atoms with Gasteiger partial charge in [-0.3, -0.25) is 0 Å². The van der Waals surface area contributed by atoms with Gasteiger partial charge in [0.25, 0.3) is 0 Å². The van der Waals surface area contributed by atoms with E-state index in [4.69, 9.17) is 22.1 Å². The van der Waals surface area contributed by atoms with Crippen molar-refractivity contribution in [3.05, 3.63) is 28.8 Å². The van der Waals surface area contributed by atoms with Gasteiger partial charge in [0.2, 0.25) is 0 Å². The molecule has 0 amide bonds. The van der Waals surface area contributed by atoms with Crippen molar-refractivity contribution in [1.82, 2.24) is 4.90 Å². The summed E-state index contributed by atoms with van der Waals surface area (Å²) in [6.45, 7) is 2.36. The van der Waals surface area contributed by atoms with E-state index < -0.39 is 0 Å². The fraction of sp³-hybridized carbons (Fsp3) is 0.571. The fourth-order valence-electron chi connectivity index (χ4n) is 2.33. The molecule has 0 saturated carbocycles. The lowest BCUT2D eigenvalue weighted by Gasteiger charge is -2.32. The summed E-state index contributed by atoms with van der Waals surface area (Å²) < 4.78 is 5.83. The molecular weight excluding hydrogens is 248 g/mol. The Morgan fingerprint density at radius 1 is 1.44 bits per heavy atom. The number of benzene rings is 1. The zero-order chi connectivity index (χ0) is 13.0. The topological polar surface area (TPSA) is 38.5 Å². The van der Waals surface area contributed by atoms with Gasteiger partial charge in [-0.2, -0.15) is 0 Å². The maximum atomic E-state index is 6.11. The van der Waals surface area contributed by atoms with Crippen molar-refractivity contribution in [3.8, 4) is 5.75 Å². The van der Waals surface area contributed by atoms with E-state index in [0.717, 1.165) is 17.9 Å². The van der Waals surface area contributed by atoms with E-state index in [2.05, 4.69) is 11.9 Å². The first-order chi connectivity index (χ1) is 8.70. The van der Waals surface area contributed by atoms with Crippen molar-refractivity contribution in [3.63, 3.8) is 0 Å². The van der Waals surface area contributed by atoms with E-state index in [1.165, 1.54) is 25.8 Å². The summed E-state index contributed by atoms with van der Waals surface area (Å²) >= 11 is 6.11. The Balaban J connectivity index is 1.91. The molecular formula is C14H21ClN2O. The van der Waals surface area contributed by atoms with E-state index in [1.807, 2.05) is 18.2 Å². The van der Waals surface area contributed by atoms with Crippen LogP contribution in [0.1, 0.15) is 24.8 Å². The van der Waals surface area contributed by atoms with Gasteiger partial charge in [0.05, 0.1) is 0 Å². The van der Waals surface area contributed by atoms with E-state index in [0.29, 0.717) is 17.6 Å².